The molecule has 0 amide bonds. The van der Waals surface area contributed by atoms with Crippen LogP contribution in [0, 0.1) is 11.3 Å². The second kappa shape index (κ2) is 7.52. The number of halogens is 1. The summed E-state index contributed by atoms with van der Waals surface area (Å²) in [5, 5.41) is 9.11. The highest BCUT2D eigenvalue weighted by atomic mass is 79.9. The third kappa shape index (κ3) is 4.52. The van der Waals surface area contributed by atoms with Crippen LogP contribution < -0.4 is 4.74 Å². The van der Waals surface area contributed by atoms with Crippen molar-refractivity contribution in [1.29, 1.82) is 5.26 Å². The predicted molar refractivity (Wildman–Crippen MR) is 81.3 cm³/mol. The highest BCUT2D eigenvalue weighted by Crippen LogP contribution is 2.25. The number of nitriles is 1. The van der Waals surface area contributed by atoms with Gasteiger partial charge in [-0.1, -0.05) is 6.07 Å². The Kier molecular flexibility index (Phi) is 6.33. The minimum Gasteiger partial charge on any atom is -0.491 e. The van der Waals surface area contributed by atoms with Crippen molar-refractivity contribution in [2.75, 3.05) is 13.2 Å². The molecule has 0 spiro atoms. The molecule has 0 aromatic heterocycles. The van der Waals surface area contributed by atoms with Crippen LogP contribution in [0.1, 0.15) is 33.3 Å². The average Bonchev–Trinajstić information content (AvgIpc) is 2.33. The molecule has 0 aliphatic carbocycles. The van der Waals surface area contributed by atoms with E-state index in [4.69, 9.17) is 10.00 Å². The van der Waals surface area contributed by atoms with Crippen molar-refractivity contribution >= 4 is 15.9 Å². The van der Waals surface area contributed by atoms with Crippen molar-refractivity contribution in [3.05, 3.63) is 28.2 Å². The smallest absolute Gasteiger partial charge is 0.138 e. The van der Waals surface area contributed by atoms with Gasteiger partial charge in [-0.05, 0) is 55.8 Å². The first-order chi connectivity index (χ1) is 8.97. The molecule has 4 heteroatoms. The third-order valence-electron chi connectivity index (χ3n) is 3.02. The zero-order valence-electron chi connectivity index (χ0n) is 12.0. The van der Waals surface area contributed by atoms with Gasteiger partial charge in [-0.25, -0.2) is 0 Å². The first-order valence-corrected chi connectivity index (χ1v) is 7.33. The van der Waals surface area contributed by atoms with Crippen LogP contribution in [0.3, 0.4) is 0 Å². The fourth-order valence-corrected chi connectivity index (χ4v) is 2.54. The molecule has 0 aliphatic heterocycles. The Hall–Kier alpha value is -1.05. The van der Waals surface area contributed by atoms with E-state index in [1.54, 1.807) is 0 Å². The molecule has 0 saturated carbocycles. The lowest BCUT2D eigenvalue weighted by molar-refractivity contribution is 0.142. The first-order valence-electron chi connectivity index (χ1n) is 6.54. The lowest BCUT2D eigenvalue weighted by Gasteiger charge is -2.30. The highest BCUT2D eigenvalue weighted by molar-refractivity contribution is 9.10. The van der Waals surface area contributed by atoms with E-state index in [0.717, 1.165) is 11.0 Å². The molecule has 104 valence electrons. The summed E-state index contributed by atoms with van der Waals surface area (Å²) >= 11 is 3.36. The van der Waals surface area contributed by atoms with Crippen molar-refractivity contribution in [3.8, 4) is 11.8 Å². The summed E-state index contributed by atoms with van der Waals surface area (Å²) in [6.45, 7) is 10.2. The number of hydrogen-bond acceptors (Lipinski definition) is 3. The van der Waals surface area contributed by atoms with Gasteiger partial charge in [0.25, 0.3) is 0 Å². The summed E-state index contributed by atoms with van der Waals surface area (Å²) in [6, 6.07) is 8.69. The summed E-state index contributed by atoms with van der Waals surface area (Å²) in [7, 11) is 0. The van der Waals surface area contributed by atoms with Crippen LogP contribution in [0.4, 0.5) is 0 Å². The van der Waals surface area contributed by atoms with E-state index >= 15 is 0 Å². The minimum absolute atomic E-state index is 0.488. The van der Waals surface area contributed by atoms with Crippen LogP contribution in [0.2, 0.25) is 0 Å². The standard InChI is InChI=1S/C15H21BrN2O/c1-11(2)18(12(3)4)8-9-19-15-7-5-6-14(16)13(15)10-17/h5-7,11-12H,8-9H2,1-4H3. The van der Waals surface area contributed by atoms with Crippen LogP contribution in [-0.2, 0) is 0 Å². The maximum absolute atomic E-state index is 9.11. The largest absolute Gasteiger partial charge is 0.491 e. The highest BCUT2D eigenvalue weighted by Gasteiger charge is 2.13. The normalized spacial score (nSPS) is 11.1. The average molecular weight is 325 g/mol. The van der Waals surface area contributed by atoms with E-state index in [1.807, 2.05) is 18.2 Å². The number of rotatable bonds is 6. The summed E-state index contributed by atoms with van der Waals surface area (Å²) in [5.74, 6) is 0.643. The molecule has 0 radical (unpaired) electrons. The topological polar surface area (TPSA) is 36.3 Å². The second-order valence-electron chi connectivity index (χ2n) is 5.00. The zero-order valence-corrected chi connectivity index (χ0v) is 13.6. The molecule has 1 aromatic rings. The van der Waals surface area contributed by atoms with Gasteiger partial charge in [0.1, 0.15) is 24.0 Å². The number of ether oxygens (including phenoxy) is 1. The zero-order chi connectivity index (χ0) is 14.4. The first kappa shape index (κ1) is 16.0. The summed E-state index contributed by atoms with van der Waals surface area (Å²) < 4.78 is 6.52. The van der Waals surface area contributed by atoms with Crippen molar-refractivity contribution in [1.82, 2.24) is 4.90 Å². The Balaban J connectivity index is 2.63. The lowest BCUT2D eigenvalue weighted by atomic mass is 10.2. The van der Waals surface area contributed by atoms with E-state index < -0.39 is 0 Å². The second-order valence-corrected chi connectivity index (χ2v) is 5.85. The quantitative estimate of drug-likeness (QED) is 0.798. The molecule has 3 nitrogen and oxygen atoms in total. The SMILES string of the molecule is CC(C)N(CCOc1cccc(Br)c1C#N)C(C)C. The van der Waals surface area contributed by atoms with E-state index in [0.29, 0.717) is 30.0 Å². The molecule has 0 fully saturated rings. The minimum atomic E-state index is 0.488. The Morgan fingerprint density at radius 1 is 1.26 bits per heavy atom. The Morgan fingerprint density at radius 2 is 1.89 bits per heavy atom. The molecule has 0 unspecified atom stereocenters. The fraction of sp³-hybridized carbons (Fsp3) is 0.533. The molecule has 1 aromatic carbocycles. The molecule has 0 aliphatic rings. The lowest BCUT2D eigenvalue weighted by Crippen LogP contribution is -2.39. The number of hydrogen-bond donors (Lipinski definition) is 0. The van der Waals surface area contributed by atoms with Crippen LogP contribution in [0.5, 0.6) is 5.75 Å². The van der Waals surface area contributed by atoms with Gasteiger partial charge in [-0.3, -0.25) is 4.90 Å². The number of nitrogens with zero attached hydrogens (tertiary/aromatic N) is 2. The van der Waals surface area contributed by atoms with Crippen LogP contribution in [-0.4, -0.2) is 30.1 Å². The van der Waals surface area contributed by atoms with Crippen LogP contribution in [0.25, 0.3) is 0 Å². The van der Waals surface area contributed by atoms with Crippen molar-refractivity contribution in [3.63, 3.8) is 0 Å². The summed E-state index contributed by atoms with van der Waals surface area (Å²) in [4.78, 5) is 2.37. The monoisotopic (exact) mass is 324 g/mol. The predicted octanol–water partition coefficient (Wildman–Crippen LogP) is 3.82. The van der Waals surface area contributed by atoms with Gasteiger partial charge >= 0.3 is 0 Å². The van der Waals surface area contributed by atoms with Gasteiger partial charge in [0.15, 0.2) is 0 Å². The molecule has 0 saturated heterocycles. The van der Waals surface area contributed by atoms with E-state index in [-0.39, 0.29) is 0 Å². The molecule has 0 heterocycles. The van der Waals surface area contributed by atoms with Crippen molar-refractivity contribution < 1.29 is 4.74 Å². The van der Waals surface area contributed by atoms with Gasteiger partial charge in [-0.2, -0.15) is 5.26 Å². The van der Waals surface area contributed by atoms with Gasteiger partial charge in [0.05, 0.1) is 0 Å². The Morgan fingerprint density at radius 3 is 2.42 bits per heavy atom. The van der Waals surface area contributed by atoms with Gasteiger partial charge in [0.2, 0.25) is 0 Å². The molecular formula is C15H21BrN2O. The van der Waals surface area contributed by atoms with E-state index in [1.165, 1.54) is 0 Å². The summed E-state index contributed by atoms with van der Waals surface area (Å²) in [5.41, 5.74) is 0.558. The van der Waals surface area contributed by atoms with E-state index in [9.17, 15) is 0 Å². The molecular weight excluding hydrogens is 304 g/mol. The van der Waals surface area contributed by atoms with Gasteiger partial charge in [0, 0.05) is 23.1 Å². The van der Waals surface area contributed by atoms with E-state index in [2.05, 4.69) is 54.6 Å². The molecule has 0 N–H and O–H groups in total. The van der Waals surface area contributed by atoms with Crippen molar-refractivity contribution in [2.45, 2.75) is 39.8 Å². The maximum Gasteiger partial charge on any atom is 0.138 e. The van der Waals surface area contributed by atoms with Gasteiger partial charge in [-0.15, -0.1) is 0 Å². The summed E-state index contributed by atoms with van der Waals surface area (Å²) in [6.07, 6.45) is 0. The molecule has 1 rings (SSSR count). The molecule has 19 heavy (non-hydrogen) atoms. The Labute approximate surface area is 124 Å². The molecule has 0 bridgehead atoms. The van der Waals surface area contributed by atoms with Crippen LogP contribution >= 0.6 is 15.9 Å². The van der Waals surface area contributed by atoms with Gasteiger partial charge < -0.3 is 4.74 Å². The number of benzene rings is 1. The maximum atomic E-state index is 9.11. The molecule has 0 atom stereocenters. The fourth-order valence-electron chi connectivity index (χ4n) is 2.11. The third-order valence-corrected chi connectivity index (χ3v) is 3.68. The Bertz CT molecular complexity index is 444. The van der Waals surface area contributed by atoms with Crippen molar-refractivity contribution in [2.24, 2.45) is 0 Å². The van der Waals surface area contributed by atoms with Crippen LogP contribution in [0.15, 0.2) is 22.7 Å².